The fourth-order valence-electron chi connectivity index (χ4n) is 24.3. The van der Waals surface area contributed by atoms with Gasteiger partial charge in [-0.25, -0.2) is 56.2 Å². The van der Waals surface area contributed by atoms with Crippen molar-refractivity contribution < 1.29 is 54.9 Å². The Kier molecular flexibility index (Phi) is 28.1. The number of aromatic nitrogens is 15. The lowest BCUT2D eigenvalue weighted by molar-refractivity contribution is -0.00668. The number of alkyl halides is 6. The predicted molar refractivity (Wildman–Crippen MR) is 557 cm³/mol. The summed E-state index contributed by atoms with van der Waals surface area (Å²) < 4.78 is 107. The third-order valence-corrected chi connectivity index (χ3v) is 32.1. The lowest BCUT2D eigenvalue weighted by Crippen LogP contribution is -2.63. The molecule has 2 bridgehead atoms. The van der Waals surface area contributed by atoms with E-state index in [0.717, 1.165) is 317 Å². The first-order valence-corrected chi connectivity index (χ1v) is 51.8. The van der Waals surface area contributed by atoms with Crippen LogP contribution in [0.15, 0.2) is 128 Å². The molecule has 1 aliphatic carbocycles. The fraction of sp³-hybridized carbons (Fsp3) is 0.505. The van der Waals surface area contributed by atoms with E-state index in [9.17, 15) is 40.7 Å². The highest BCUT2D eigenvalue weighted by molar-refractivity contribution is 6.12. The van der Waals surface area contributed by atoms with Gasteiger partial charge in [0.15, 0.2) is 0 Å². The smallest absolute Gasteiger partial charge is 0.256 e. The largest absolute Gasteiger partial charge is 0.376 e. The van der Waals surface area contributed by atoms with Gasteiger partial charge in [-0.15, -0.1) is 0 Å². The fourth-order valence-corrected chi connectivity index (χ4v) is 24.3. The van der Waals surface area contributed by atoms with Crippen LogP contribution in [-0.4, -0.2) is 299 Å². The lowest BCUT2D eigenvalue weighted by atomic mass is 9.62. The average Bonchev–Trinajstić information content (AvgIpc) is 1.59. The molecule has 10 aliphatic heterocycles. The maximum absolute atomic E-state index is 13.8. The molecule has 3 amide bonds. The minimum atomic E-state index is -0.780. The number of hydrogen-bond donors (Lipinski definition) is 0. The Balaban J connectivity index is 0.000000103. The van der Waals surface area contributed by atoms with Crippen molar-refractivity contribution in [2.75, 3.05) is 174 Å². The number of carbonyl (C=O) groups excluding carboxylic acids is 3. The molecule has 11 aliphatic rings. The minimum Gasteiger partial charge on any atom is -0.376 e. The first kappa shape index (κ1) is 98.1. The number of ether oxygens (including phenoxy) is 3. The van der Waals surface area contributed by atoms with Crippen LogP contribution in [0.4, 0.5) is 61.2 Å². The second-order valence-corrected chi connectivity index (χ2v) is 40.8. The van der Waals surface area contributed by atoms with Gasteiger partial charge < -0.3 is 85.7 Å². The summed E-state index contributed by atoms with van der Waals surface area (Å²) in [5.74, 6) is 5.84. The number of amides is 3. The van der Waals surface area contributed by atoms with Crippen LogP contribution in [0, 0.1) is 5.41 Å². The normalized spacial score (nSPS) is 20.7. The van der Waals surface area contributed by atoms with Crippen molar-refractivity contribution in [3.05, 3.63) is 162 Å². The molecule has 1 spiro atoms. The molecule has 145 heavy (non-hydrogen) atoms. The van der Waals surface area contributed by atoms with Gasteiger partial charge in [-0.3, -0.25) is 29.3 Å². The Hall–Kier alpha value is -13.0. The maximum Gasteiger partial charge on any atom is 0.256 e. The quantitative estimate of drug-likeness (QED) is 0.0606. The number of pyridine rings is 9. The van der Waals surface area contributed by atoms with Crippen molar-refractivity contribution in [2.45, 2.75) is 166 Å². The van der Waals surface area contributed by atoms with Gasteiger partial charge in [0, 0.05) is 274 Å². The Morgan fingerprint density at radius 2 is 0.724 bits per heavy atom. The van der Waals surface area contributed by atoms with Crippen molar-refractivity contribution in [2.24, 2.45) is 47.7 Å². The minimum absolute atomic E-state index is 0.0631. The molecule has 30 nitrogen and oxygen atoms in total. The Morgan fingerprint density at radius 1 is 0.352 bits per heavy atom. The molecule has 26 rings (SSSR count). The first-order valence-electron chi connectivity index (χ1n) is 51.8. The third-order valence-electron chi connectivity index (χ3n) is 32.1. The predicted octanol–water partition coefficient (Wildman–Crippen LogP) is 16.6. The van der Waals surface area contributed by atoms with Gasteiger partial charge in [0.1, 0.15) is 107 Å². The molecule has 36 heteroatoms. The van der Waals surface area contributed by atoms with E-state index in [-0.39, 0.29) is 48.6 Å². The molecule has 15 aromatic heterocycles. The highest BCUT2D eigenvalue weighted by Gasteiger charge is 2.53. The molecular weight excluding hydrogens is 1850 g/mol. The number of anilines is 6. The molecule has 1 saturated carbocycles. The van der Waals surface area contributed by atoms with Crippen molar-refractivity contribution >= 4 is 152 Å². The summed E-state index contributed by atoms with van der Waals surface area (Å²) >= 11 is 0. The number of carbonyl (C=O) groups is 3. The third kappa shape index (κ3) is 18.9. The van der Waals surface area contributed by atoms with Crippen molar-refractivity contribution in [3.8, 4) is 0 Å². The van der Waals surface area contributed by atoms with E-state index < -0.39 is 38.0 Å². The molecule has 25 heterocycles. The van der Waals surface area contributed by atoms with Gasteiger partial charge in [0.25, 0.3) is 17.7 Å². The van der Waals surface area contributed by atoms with Crippen LogP contribution in [0.2, 0.25) is 0 Å². The van der Waals surface area contributed by atoms with E-state index >= 15 is 0 Å². The van der Waals surface area contributed by atoms with Gasteiger partial charge >= 0.3 is 0 Å². The van der Waals surface area contributed by atoms with Gasteiger partial charge in [-0.1, -0.05) is 0 Å². The Bertz CT molecular complexity index is 7300. The number of nitrogens with zero attached hydrogens (tertiary/aromatic N) is 24. The number of hydrogen-bond acceptors (Lipinski definition) is 21. The molecule has 8 fully saturated rings. The molecule has 4 atom stereocenters. The van der Waals surface area contributed by atoms with E-state index in [0.29, 0.717) is 76.9 Å². The Morgan fingerprint density at radius 3 is 1.14 bits per heavy atom. The number of piperidine rings is 4. The molecule has 764 valence electrons. The molecular formula is C109H130F6N24O6. The highest BCUT2D eigenvalue weighted by Crippen LogP contribution is 2.51. The van der Waals surface area contributed by atoms with E-state index in [2.05, 4.69) is 87.7 Å². The SMILES string of the molecule is CCN1CCc2c(c3ccc(N4CC5(CC([18F])C5)C4)nc3n2C)C1=O.CCN1CCc2c(c3ccc(N4CCC(OCC[18F])CC4)nc3n2C)C1=O.CN1CCc2c(c3ccc(N4CCCC([18F])C4)nc3n2C)C1=O.Cn1c2ccncc2c2ccc(N3C4CCC3CC([18F])C4)nc21.Cn1c2ccncc2c2ccc(N3CCC(OCCOCC[18F])CC3)nc21.Cn1c2ccncc2c2ccc(N3CCC([18F])C3)nc21. The summed E-state index contributed by atoms with van der Waals surface area (Å²) in [6.07, 6.45) is 21.9. The van der Waals surface area contributed by atoms with E-state index in [4.69, 9.17) is 44.1 Å². The average molecular weight is 1980 g/mol. The van der Waals surface area contributed by atoms with Gasteiger partial charge in [-0.05, 0) is 188 Å². The summed E-state index contributed by atoms with van der Waals surface area (Å²) in [6, 6.07) is 31.2. The van der Waals surface area contributed by atoms with Crippen LogP contribution in [0.1, 0.15) is 145 Å². The number of fused-ring (bicyclic) bond motifs is 20. The summed E-state index contributed by atoms with van der Waals surface area (Å²) in [5.41, 5.74) is 14.7. The standard InChI is InChI=1S/C20H25FN4O2.C20H27FN4O2.C19H23FN4O.C18H19FN4.C17H21FN4O.C15H15FN4/c1-24-18-4-8-22-14-17(18)16-2-3-19(23-20(16)24)25-9-5-15(6-10-25)27-13-12-26-11-7-21;1-3-24-12-8-16-18(20(24)26)15-4-5-17(22-19(15)23(16)2)25-10-6-14(7-11-25)27-13-9-21;1-3-23-7-6-14-16(18(23)25)13-4-5-15(21-17(13)22(14)2)24-10-19(11-24)8-12(20)9-19;1-22-16-6-7-20-10-15(16)14-4-5-17(21-18(14)22)23-12-2-3-13(23)9-11(19)8-12;1-20-9-7-13-15(17(20)23)12-5-6-14(19-16(12)21(13)2)22-8-3-4-11(18)10-22;1-19-13-4-6-17-8-12(13)11-2-3-14(18-15(11)19)20-7-5-10(16)9-20/h2-4,8,14-15H,5-7,9-13H2,1H3;4-5,14H,3,6-13H2,1-2H3;4-5,12H,3,6-11H2,1-2H3;4-7,10-13H,2-3,8-9H2,1H3;5-6,11H,3-4,7-10H2,1-2H3;2-4,6,8,10H,5,7,9H2,1H3/i2*21-1;20-1;19-1;18-1;16-1. The van der Waals surface area contributed by atoms with Gasteiger partial charge in [0.2, 0.25) is 0 Å². The highest BCUT2D eigenvalue weighted by atomic mass is 18.2. The summed E-state index contributed by atoms with van der Waals surface area (Å²) in [5, 5.41) is 9.53. The van der Waals surface area contributed by atoms with Crippen LogP contribution < -0.4 is 29.4 Å². The summed E-state index contributed by atoms with van der Waals surface area (Å²) in [7, 11) is 13.9. The monoisotopic (exact) mass is 1980 g/mol. The molecule has 0 aromatic carbocycles. The van der Waals surface area contributed by atoms with E-state index in [1.54, 1.807) is 11.1 Å². The summed E-state index contributed by atoms with van der Waals surface area (Å²) in [4.78, 5) is 98.6. The number of likely N-dealkylation sites (N-methyl/N-ethyl adjacent to an activating group) is 3. The van der Waals surface area contributed by atoms with Crippen molar-refractivity contribution in [1.82, 2.24) is 87.0 Å². The zero-order valence-electron chi connectivity index (χ0n) is 84.4. The lowest BCUT2D eigenvalue weighted by Gasteiger charge is -2.57. The Labute approximate surface area is 838 Å². The van der Waals surface area contributed by atoms with Crippen LogP contribution in [0.3, 0.4) is 0 Å². The van der Waals surface area contributed by atoms with E-state index in [1.165, 1.54) is 0 Å². The molecule has 15 aromatic rings. The second-order valence-electron chi connectivity index (χ2n) is 40.8. The van der Waals surface area contributed by atoms with Crippen LogP contribution >= 0.6 is 0 Å². The van der Waals surface area contributed by atoms with Crippen molar-refractivity contribution in [3.63, 3.8) is 0 Å². The zero-order chi connectivity index (χ0) is 100. The second kappa shape index (κ2) is 41.5. The summed E-state index contributed by atoms with van der Waals surface area (Å²) in [6.45, 7) is 16.0. The van der Waals surface area contributed by atoms with Crippen LogP contribution in [0.5, 0.6) is 0 Å². The maximum atomic E-state index is 13.8. The first-order chi connectivity index (χ1) is 70.4. The molecule has 0 N–H and O–H groups in total. The molecule has 4 unspecified atom stereocenters. The zero-order valence-corrected chi connectivity index (χ0v) is 84.4. The van der Waals surface area contributed by atoms with Gasteiger partial charge in [0.05, 0.1) is 85.0 Å². The number of aryl methyl sites for hydroxylation is 6. The van der Waals surface area contributed by atoms with Gasteiger partial charge in [-0.2, -0.15) is 0 Å². The molecule has 7 saturated heterocycles. The van der Waals surface area contributed by atoms with E-state index in [1.807, 2.05) is 179 Å². The topological polar surface area (TPSA) is 254 Å². The van der Waals surface area contributed by atoms with Crippen LogP contribution in [-0.2, 0) is 75.8 Å². The van der Waals surface area contributed by atoms with Crippen molar-refractivity contribution in [1.29, 1.82) is 0 Å². The number of halogens is 6. The molecule has 0 radical (unpaired) electrons. The number of rotatable bonds is 17. The van der Waals surface area contributed by atoms with Crippen LogP contribution in [0.25, 0.3) is 98.9 Å².